The number of methoxy groups -OCH3 is 1. The number of hydrazone groups is 1. The highest BCUT2D eigenvalue weighted by Gasteiger charge is 2.10. The van der Waals surface area contributed by atoms with Gasteiger partial charge in [-0.3, -0.25) is 9.59 Å². The Labute approximate surface area is 152 Å². The van der Waals surface area contributed by atoms with E-state index in [-0.39, 0.29) is 18.2 Å². The Balaban J connectivity index is 1.84. The largest absolute Gasteiger partial charge is 0.504 e. The summed E-state index contributed by atoms with van der Waals surface area (Å²) < 4.78 is 5.62. The Morgan fingerprint density at radius 1 is 1.28 bits per heavy atom. The van der Waals surface area contributed by atoms with Gasteiger partial charge in [0.1, 0.15) is 0 Å². The molecular weight excluding hydrogens is 390 g/mol. The number of benzene rings is 2. The topological polar surface area (TPSA) is 100 Å². The molecule has 2 aromatic rings. The molecule has 0 unspecified atom stereocenters. The molecule has 0 bridgehead atoms. The fourth-order valence-corrected chi connectivity index (χ4v) is 2.36. The van der Waals surface area contributed by atoms with E-state index >= 15 is 0 Å². The summed E-state index contributed by atoms with van der Waals surface area (Å²) in [6.07, 6.45) is 1.40. The third kappa shape index (κ3) is 5.32. The van der Waals surface area contributed by atoms with E-state index < -0.39 is 5.91 Å². The van der Waals surface area contributed by atoms with E-state index in [9.17, 15) is 14.7 Å². The molecule has 0 spiro atoms. The molecule has 2 aromatic carbocycles. The van der Waals surface area contributed by atoms with E-state index in [1.807, 2.05) is 0 Å². The normalized spacial score (nSPS) is 10.5. The SMILES string of the molecule is COc1cc(C=NNC(=O)CNC(=O)c2ccccc2Br)ccc1O. The molecule has 8 heteroatoms. The first-order chi connectivity index (χ1) is 12.0. The number of aromatic hydroxyl groups is 1. The van der Waals surface area contributed by atoms with Gasteiger partial charge in [-0.05, 0) is 51.8 Å². The van der Waals surface area contributed by atoms with Crippen molar-refractivity contribution in [1.29, 1.82) is 0 Å². The standard InChI is InChI=1S/C17H16BrN3O4/c1-25-15-8-11(6-7-14(15)22)9-20-21-16(23)10-19-17(24)12-4-2-3-5-13(12)18/h2-9,22H,10H2,1H3,(H,19,24)(H,21,23). The van der Waals surface area contributed by atoms with Crippen LogP contribution in [0.3, 0.4) is 0 Å². The van der Waals surface area contributed by atoms with Gasteiger partial charge in [-0.2, -0.15) is 5.10 Å². The Kier molecular flexibility index (Phi) is 6.53. The van der Waals surface area contributed by atoms with Crippen LogP contribution in [0.15, 0.2) is 52.0 Å². The van der Waals surface area contributed by atoms with Gasteiger partial charge in [-0.15, -0.1) is 0 Å². The molecule has 0 saturated carbocycles. The number of phenolic OH excluding ortho intramolecular Hbond substituents is 1. The van der Waals surface area contributed by atoms with Crippen LogP contribution in [0.4, 0.5) is 0 Å². The van der Waals surface area contributed by atoms with Crippen molar-refractivity contribution < 1.29 is 19.4 Å². The molecule has 0 atom stereocenters. The molecule has 0 saturated heterocycles. The van der Waals surface area contributed by atoms with E-state index in [0.717, 1.165) is 0 Å². The van der Waals surface area contributed by atoms with Gasteiger partial charge in [0.15, 0.2) is 11.5 Å². The Hall–Kier alpha value is -2.87. The van der Waals surface area contributed by atoms with E-state index in [1.54, 1.807) is 36.4 Å². The zero-order chi connectivity index (χ0) is 18.2. The Bertz CT molecular complexity index is 808. The van der Waals surface area contributed by atoms with Crippen molar-refractivity contribution in [3.05, 3.63) is 58.1 Å². The predicted molar refractivity (Wildman–Crippen MR) is 96.9 cm³/mol. The van der Waals surface area contributed by atoms with E-state index in [1.165, 1.54) is 19.4 Å². The van der Waals surface area contributed by atoms with Crippen molar-refractivity contribution in [3.63, 3.8) is 0 Å². The summed E-state index contributed by atoms with van der Waals surface area (Å²) >= 11 is 3.28. The highest BCUT2D eigenvalue weighted by molar-refractivity contribution is 9.10. The summed E-state index contributed by atoms with van der Waals surface area (Å²) in [5, 5.41) is 15.8. The van der Waals surface area contributed by atoms with Crippen LogP contribution < -0.4 is 15.5 Å². The first-order valence-electron chi connectivity index (χ1n) is 7.23. The lowest BCUT2D eigenvalue weighted by Gasteiger charge is -2.06. The number of ether oxygens (including phenoxy) is 1. The minimum atomic E-state index is -0.470. The molecule has 0 aromatic heterocycles. The van der Waals surface area contributed by atoms with Crippen LogP contribution in [-0.2, 0) is 4.79 Å². The molecule has 0 aliphatic rings. The van der Waals surface area contributed by atoms with E-state index in [2.05, 4.69) is 31.8 Å². The molecule has 0 fully saturated rings. The molecule has 0 heterocycles. The molecule has 2 amide bonds. The minimum absolute atomic E-state index is 0.0125. The minimum Gasteiger partial charge on any atom is -0.504 e. The third-order valence-corrected chi connectivity index (χ3v) is 3.83. The number of carbonyl (C=O) groups excluding carboxylic acids is 2. The monoisotopic (exact) mass is 405 g/mol. The van der Waals surface area contributed by atoms with Gasteiger partial charge in [0.2, 0.25) is 0 Å². The summed E-state index contributed by atoms with van der Waals surface area (Å²) in [4.78, 5) is 23.7. The number of nitrogens with one attached hydrogen (secondary N) is 2. The zero-order valence-electron chi connectivity index (χ0n) is 13.3. The highest BCUT2D eigenvalue weighted by Crippen LogP contribution is 2.25. The predicted octanol–water partition coefficient (Wildman–Crippen LogP) is 2.04. The van der Waals surface area contributed by atoms with Crippen molar-refractivity contribution in [3.8, 4) is 11.5 Å². The van der Waals surface area contributed by atoms with Gasteiger partial charge in [0, 0.05) is 4.47 Å². The number of rotatable bonds is 6. The number of halogens is 1. The molecule has 0 aliphatic heterocycles. The van der Waals surface area contributed by atoms with E-state index in [0.29, 0.717) is 21.3 Å². The average Bonchev–Trinajstić information content (AvgIpc) is 2.61. The molecule has 0 radical (unpaired) electrons. The lowest BCUT2D eigenvalue weighted by atomic mass is 10.2. The van der Waals surface area contributed by atoms with E-state index in [4.69, 9.17) is 4.74 Å². The summed E-state index contributed by atoms with van der Waals surface area (Å²) in [7, 11) is 1.44. The summed E-state index contributed by atoms with van der Waals surface area (Å²) in [5.41, 5.74) is 3.38. The fraction of sp³-hybridized carbons (Fsp3) is 0.118. The quantitative estimate of drug-likeness (QED) is 0.505. The molecule has 3 N–H and O–H groups in total. The van der Waals surface area contributed by atoms with Crippen LogP contribution in [0.2, 0.25) is 0 Å². The zero-order valence-corrected chi connectivity index (χ0v) is 14.9. The van der Waals surface area contributed by atoms with Gasteiger partial charge in [0.25, 0.3) is 11.8 Å². The van der Waals surface area contributed by atoms with Crippen molar-refractivity contribution in [2.75, 3.05) is 13.7 Å². The molecule has 0 aliphatic carbocycles. The molecule has 130 valence electrons. The van der Waals surface area contributed by atoms with Crippen molar-refractivity contribution in [2.45, 2.75) is 0 Å². The van der Waals surface area contributed by atoms with Crippen molar-refractivity contribution in [1.82, 2.24) is 10.7 Å². The summed E-state index contributed by atoms with van der Waals surface area (Å²) in [6, 6.07) is 11.6. The molecule has 25 heavy (non-hydrogen) atoms. The van der Waals surface area contributed by atoms with Gasteiger partial charge >= 0.3 is 0 Å². The highest BCUT2D eigenvalue weighted by atomic mass is 79.9. The molecule has 2 rings (SSSR count). The van der Waals surface area contributed by atoms with Gasteiger partial charge in [0.05, 0.1) is 25.4 Å². The first-order valence-corrected chi connectivity index (χ1v) is 8.02. The fourth-order valence-electron chi connectivity index (χ4n) is 1.89. The second-order valence-corrected chi connectivity index (χ2v) is 5.74. The second kappa shape index (κ2) is 8.84. The van der Waals surface area contributed by atoms with Crippen LogP contribution in [-0.4, -0.2) is 36.8 Å². The third-order valence-electron chi connectivity index (χ3n) is 3.13. The van der Waals surface area contributed by atoms with Gasteiger partial charge in [-0.1, -0.05) is 12.1 Å². The van der Waals surface area contributed by atoms with Crippen LogP contribution in [0.25, 0.3) is 0 Å². The van der Waals surface area contributed by atoms with Crippen LogP contribution >= 0.6 is 15.9 Å². The first kappa shape index (κ1) is 18.5. The molecule has 7 nitrogen and oxygen atoms in total. The lowest BCUT2D eigenvalue weighted by Crippen LogP contribution is -2.35. The number of carbonyl (C=O) groups is 2. The van der Waals surface area contributed by atoms with Gasteiger partial charge < -0.3 is 15.2 Å². The Morgan fingerprint density at radius 2 is 2.04 bits per heavy atom. The van der Waals surface area contributed by atoms with Crippen molar-refractivity contribution in [2.24, 2.45) is 5.10 Å². The molecular formula is C17H16BrN3O4. The maximum atomic E-state index is 12.0. The average molecular weight is 406 g/mol. The smallest absolute Gasteiger partial charge is 0.259 e. The lowest BCUT2D eigenvalue weighted by molar-refractivity contribution is -0.120. The van der Waals surface area contributed by atoms with Crippen molar-refractivity contribution >= 4 is 34.0 Å². The Morgan fingerprint density at radius 3 is 2.76 bits per heavy atom. The number of amides is 2. The van der Waals surface area contributed by atoms with Crippen LogP contribution in [0, 0.1) is 0 Å². The summed E-state index contributed by atoms with van der Waals surface area (Å²) in [5.74, 6) is -0.522. The summed E-state index contributed by atoms with van der Waals surface area (Å²) in [6.45, 7) is -0.212. The maximum Gasteiger partial charge on any atom is 0.259 e. The second-order valence-electron chi connectivity index (χ2n) is 4.89. The number of hydrogen-bond donors (Lipinski definition) is 3. The number of nitrogens with zero attached hydrogens (tertiary/aromatic N) is 1. The number of phenols is 1. The van der Waals surface area contributed by atoms with Gasteiger partial charge in [-0.25, -0.2) is 5.43 Å². The number of hydrogen-bond acceptors (Lipinski definition) is 5. The maximum absolute atomic E-state index is 12.0. The van der Waals surface area contributed by atoms with Crippen LogP contribution in [0.5, 0.6) is 11.5 Å². The van der Waals surface area contributed by atoms with Crippen LogP contribution in [0.1, 0.15) is 15.9 Å².